The van der Waals surface area contributed by atoms with E-state index in [2.05, 4.69) is 0 Å². The number of nitrogen functional groups attached to an aromatic ring is 1. The number of nitrogens with two attached hydrogens (primary N) is 2. The highest BCUT2D eigenvalue weighted by molar-refractivity contribution is 5.59. The highest BCUT2D eigenvalue weighted by Gasteiger charge is 2.24. The first kappa shape index (κ1) is 9.34. The van der Waals surface area contributed by atoms with Gasteiger partial charge >= 0.3 is 0 Å². The van der Waals surface area contributed by atoms with Crippen LogP contribution in [0.3, 0.4) is 0 Å². The van der Waals surface area contributed by atoms with Crippen molar-refractivity contribution >= 4 is 5.69 Å². The molecule has 1 aromatic carbocycles. The molecule has 0 saturated heterocycles. The highest BCUT2D eigenvalue weighted by Crippen LogP contribution is 2.39. The minimum atomic E-state index is 0.0926. The molecule has 3 heteroatoms. The second-order valence-electron chi connectivity index (χ2n) is 3.62. The molecule has 4 N–H and O–H groups in total. The summed E-state index contributed by atoms with van der Waals surface area (Å²) in [6.07, 6.45) is 1.95. The van der Waals surface area contributed by atoms with Gasteiger partial charge in [0.1, 0.15) is 5.75 Å². The molecule has 2 rings (SSSR count). The maximum Gasteiger partial charge on any atom is 0.124 e. The van der Waals surface area contributed by atoms with Gasteiger partial charge in [0.05, 0.1) is 6.61 Å². The first-order valence-corrected chi connectivity index (χ1v) is 5.03. The van der Waals surface area contributed by atoms with E-state index >= 15 is 0 Å². The molecule has 0 unspecified atom stereocenters. The molecule has 0 heterocycles. The molecule has 1 aliphatic rings. The smallest absolute Gasteiger partial charge is 0.124 e. The quantitative estimate of drug-likeness (QED) is 0.700. The lowest BCUT2D eigenvalue weighted by molar-refractivity contribution is 0.335. The second-order valence-corrected chi connectivity index (χ2v) is 3.62. The Labute approximate surface area is 84.0 Å². The minimum Gasteiger partial charge on any atom is -0.494 e. The lowest BCUT2D eigenvalue weighted by atomic mass is 10.1. The molecule has 0 radical (unpaired) electrons. The summed E-state index contributed by atoms with van der Waals surface area (Å²) in [5.74, 6) is 0.904. The van der Waals surface area contributed by atoms with Crippen LogP contribution in [-0.2, 0) is 6.42 Å². The molecule has 0 amide bonds. The van der Waals surface area contributed by atoms with Crippen LogP contribution in [0.25, 0.3) is 0 Å². The Hall–Kier alpha value is -1.22. The standard InChI is InChI=1S/C11H16N2O/c1-2-14-10-6-5-8(12)7-3-4-9(13)11(7)10/h5-6,9H,2-4,12-13H2,1H3/t9-/m0/s1. The molecule has 1 aromatic rings. The maximum atomic E-state index is 6.01. The summed E-state index contributed by atoms with van der Waals surface area (Å²) in [5.41, 5.74) is 15.0. The topological polar surface area (TPSA) is 61.3 Å². The number of anilines is 1. The fourth-order valence-corrected chi connectivity index (χ4v) is 2.07. The van der Waals surface area contributed by atoms with E-state index in [1.807, 2.05) is 19.1 Å². The van der Waals surface area contributed by atoms with Crippen LogP contribution in [0.2, 0.25) is 0 Å². The molecule has 76 valence electrons. The predicted octanol–water partition coefficient (Wildman–Crippen LogP) is 1.61. The van der Waals surface area contributed by atoms with Gasteiger partial charge in [-0.2, -0.15) is 0 Å². The maximum absolute atomic E-state index is 6.01. The van der Waals surface area contributed by atoms with E-state index in [1.54, 1.807) is 0 Å². The predicted molar refractivity (Wildman–Crippen MR) is 57.3 cm³/mol. The normalized spacial score (nSPS) is 19.4. The van der Waals surface area contributed by atoms with Crippen LogP contribution in [0.5, 0.6) is 5.75 Å². The molecule has 0 aromatic heterocycles. The number of ether oxygens (including phenoxy) is 1. The van der Waals surface area contributed by atoms with Crippen molar-refractivity contribution in [3.63, 3.8) is 0 Å². The van der Waals surface area contributed by atoms with E-state index in [-0.39, 0.29) is 6.04 Å². The molecule has 1 aliphatic carbocycles. The largest absolute Gasteiger partial charge is 0.494 e. The first-order valence-electron chi connectivity index (χ1n) is 5.03. The van der Waals surface area contributed by atoms with E-state index in [0.717, 1.165) is 29.8 Å². The van der Waals surface area contributed by atoms with Gasteiger partial charge in [-0.1, -0.05) is 0 Å². The van der Waals surface area contributed by atoms with Crippen LogP contribution in [0.15, 0.2) is 12.1 Å². The lowest BCUT2D eigenvalue weighted by Crippen LogP contribution is -2.08. The van der Waals surface area contributed by atoms with Crippen molar-refractivity contribution in [1.29, 1.82) is 0 Å². The Morgan fingerprint density at radius 2 is 2.29 bits per heavy atom. The molecule has 0 spiro atoms. The fourth-order valence-electron chi connectivity index (χ4n) is 2.07. The highest BCUT2D eigenvalue weighted by atomic mass is 16.5. The Morgan fingerprint density at radius 1 is 1.50 bits per heavy atom. The van der Waals surface area contributed by atoms with Crippen molar-refractivity contribution in [3.8, 4) is 5.75 Å². The number of benzene rings is 1. The Bertz CT molecular complexity index is 349. The average Bonchev–Trinajstić information content (AvgIpc) is 2.55. The summed E-state index contributed by atoms with van der Waals surface area (Å²) in [5, 5.41) is 0. The third-order valence-corrected chi connectivity index (χ3v) is 2.73. The molecule has 0 bridgehead atoms. The summed E-state index contributed by atoms with van der Waals surface area (Å²) in [4.78, 5) is 0. The molecular formula is C11H16N2O. The average molecular weight is 192 g/mol. The summed E-state index contributed by atoms with van der Waals surface area (Å²) in [7, 11) is 0. The first-order chi connectivity index (χ1) is 6.74. The van der Waals surface area contributed by atoms with E-state index in [9.17, 15) is 0 Å². The fraction of sp³-hybridized carbons (Fsp3) is 0.455. The summed E-state index contributed by atoms with van der Waals surface area (Å²) >= 11 is 0. The Morgan fingerprint density at radius 3 is 3.00 bits per heavy atom. The lowest BCUT2D eigenvalue weighted by Gasteiger charge is -2.13. The monoisotopic (exact) mass is 192 g/mol. The molecule has 1 atom stereocenters. The zero-order valence-corrected chi connectivity index (χ0v) is 8.42. The van der Waals surface area contributed by atoms with Gasteiger partial charge in [0.15, 0.2) is 0 Å². The molecule has 3 nitrogen and oxygen atoms in total. The number of rotatable bonds is 2. The number of fused-ring (bicyclic) bond motifs is 1. The van der Waals surface area contributed by atoms with Gasteiger partial charge in [-0.15, -0.1) is 0 Å². The Kier molecular flexibility index (Phi) is 2.33. The van der Waals surface area contributed by atoms with Crippen LogP contribution in [-0.4, -0.2) is 6.61 Å². The van der Waals surface area contributed by atoms with Crippen LogP contribution in [0.1, 0.15) is 30.5 Å². The summed E-state index contributed by atoms with van der Waals surface area (Å²) < 4.78 is 5.54. The second kappa shape index (κ2) is 3.50. The zero-order valence-electron chi connectivity index (χ0n) is 8.42. The van der Waals surface area contributed by atoms with Crippen molar-refractivity contribution in [2.24, 2.45) is 5.73 Å². The van der Waals surface area contributed by atoms with Crippen molar-refractivity contribution in [2.75, 3.05) is 12.3 Å². The van der Waals surface area contributed by atoms with Gasteiger partial charge in [0, 0.05) is 17.3 Å². The molecule has 0 saturated carbocycles. The molecule has 0 aliphatic heterocycles. The number of hydrogen-bond acceptors (Lipinski definition) is 3. The van der Waals surface area contributed by atoms with Gasteiger partial charge in [-0.25, -0.2) is 0 Å². The minimum absolute atomic E-state index is 0.0926. The van der Waals surface area contributed by atoms with Crippen molar-refractivity contribution in [3.05, 3.63) is 23.3 Å². The van der Waals surface area contributed by atoms with Crippen molar-refractivity contribution in [2.45, 2.75) is 25.8 Å². The van der Waals surface area contributed by atoms with Crippen LogP contribution in [0.4, 0.5) is 5.69 Å². The van der Waals surface area contributed by atoms with E-state index in [0.29, 0.717) is 6.61 Å². The third-order valence-electron chi connectivity index (χ3n) is 2.73. The zero-order chi connectivity index (χ0) is 10.1. The van der Waals surface area contributed by atoms with Crippen LogP contribution in [0, 0.1) is 0 Å². The van der Waals surface area contributed by atoms with E-state index < -0.39 is 0 Å². The van der Waals surface area contributed by atoms with Crippen molar-refractivity contribution < 1.29 is 4.74 Å². The van der Waals surface area contributed by atoms with E-state index in [4.69, 9.17) is 16.2 Å². The van der Waals surface area contributed by atoms with Crippen LogP contribution < -0.4 is 16.2 Å². The van der Waals surface area contributed by atoms with Gasteiger partial charge in [-0.3, -0.25) is 0 Å². The number of hydrogen-bond donors (Lipinski definition) is 2. The summed E-state index contributed by atoms with van der Waals surface area (Å²) in [6, 6.07) is 3.92. The Balaban J connectivity index is 2.49. The van der Waals surface area contributed by atoms with Gasteiger partial charge in [-0.05, 0) is 37.5 Å². The molecule has 14 heavy (non-hydrogen) atoms. The summed E-state index contributed by atoms with van der Waals surface area (Å²) in [6.45, 7) is 2.65. The molecular weight excluding hydrogens is 176 g/mol. The van der Waals surface area contributed by atoms with Gasteiger partial charge in [0.25, 0.3) is 0 Å². The van der Waals surface area contributed by atoms with Gasteiger partial charge in [0.2, 0.25) is 0 Å². The van der Waals surface area contributed by atoms with Crippen LogP contribution >= 0.6 is 0 Å². The van der Waals surface area contributed by atoms with Crippen molar-refractivity contribution in [1.82, 2.24) is 0 Å². The molecule has 0 fully saturated rings. The van der Waals surface area contributed by atoms with E-state index in [1.165, 1.54) is 5.56 Å². The SMILES string of the molecule is CCOc1ccc(N)c2c1[C@@H](N)CC2. The van der Waals surface area contributed by atoms with Gasteiger partial charge < -0.3 is 16.2 Å². The third kappa shape index (κ3) is 1.34.